The fourth-order valence-corrected chi connectivity index (χ4v) is 4.35. The van der Waals surface area contributed by atoms with Crippen LogP contribution in [0.4, 0.5) is 0 Å². The minimum absolute atomic E-state index is 0.0333. The van der Waals surface area contributed by atoms with Crippen LogP contribution in [0.1, 0.15) is 30.6 Å². The molecule has 0 unspecified atom stereocenters. The zero-order chi connectivity index (χ0) is 19.2. The van der Waals surface area contributed by atoms with E-state index in [0.29, 0.717) is 23.1 Å². The van der Waals surface area contributed by atoms with Gasteiger partial charge in [0.05, 0.1) is 7.11 Å². The molecule has 1 heterocycles. The van der Waals surface area contributed by atoms with E-state index < -0.39 is 0 Å². The van der Waals surface area contributed by atoms with E-state index in [1.165, 1.54) is 4.90 Å². The third-order valence-corrected chi connectivity index (χ3v) is 6.18. The van der Waals surface area contributed by atoms with E-state index in [1.54, 1.807) is 7.11 Å². The van der Waals surface area contributed by atoms with Crippen LogP contribution in [0.25, 0.3) is 0 Å². The fourth-order valence-electron chi connectivity index (χ4n) is 3.32. The highest BCUT2D eigenvalue weighted by Gasteiger charge is 2.30. The van der Waals surface area contributed by atoms with Crippen molar-refractivity contribution in [2.24, 2.45) is 11.8 Å². The van der Waals surface area contributed by atoms with Gasteiger partial charge in [0.1, 0.15) is 5.75 Å². The van der Waals surface area contributed by atoms with Crippen molar-refractivity contribution in [1.29, 1.82) is 0 Å². The number of thioether (sulfide) groups is 1. The molecule has 0 bridgehead atoms. The molecule has 3 nitrogen and oxygen atoms in total. The predicted octanol–water partition coefficient (Wildman–Crippen LogP) is 5.49. The van der Waals surface area contributed by atoms with Crippen molar-refractivity contribution < 1.29 is 9.53 Å². The van der Waals surface area contributed by atoms with Gasteiger partial charge in [-0.2, -0.15) is 0 Å². The standard InChI is InChI=1S/C23H27NO2S/c1-17(2)18-12-13-24(23(25)19-8-7-9-21(15-19)26-3)20(14-18)16-27-22-10-5-4-6-11-22/h4-13,15,17-18,20H,14,16H2,1-3H3/t18-,20+/m0/s1. The Bertz CT molecular complexity index is 788. The molecule has 1 aliphatic heterocycles. The molecule has 2 aromatic rings. The van der Waals surface area contributed by atoms with E-state index in [4.69, 9.17) is 4.74 Å². The molecule has 0 saturated carbocycles. The van der Waals surface area contributed by atoms with Gasteiger partial charge in [0, 0.05) is 28.5 Å². The molecule has 142 valence electrons. The first kappa shape index (κ1) is 19.6. The maximum atomic E-state index is 13.2. The van der Waals surface area contributed by atoms with E-state index in [9.17, 15) is 4.79 Å². The van der Waals surface area contributed by atoms with Crippen molar-refractivity contribution >= 4 is 17.7 Å². The lowest BCUT2D eigenvalue weighted by atomic mass is 9.87. The van der Waals surface area contributed by atoms with Gasteiger partial charge in [-0.15, -0.1) is 11.8 Å². The zero-order valence-electron chi connectivity index (χ0n) is 16.2. The van der Waals surface area contributed by atoms with Crippen LogP contribution in [0.15, 0.2) is 71.8 Å². The summed E-state index contributed by atoms with van der Waals surface area (Å²) in [6.07, 6.45) is 5.17. The lowest BCUT2D eigenvalue weighted by Crippen LogP contribution is -2.42. The van der Waals surface area contributed by atoms with Gasteiger partial charge < -0.3 is 9.64 Å². The van der Waals surface area contributed by atoms with E-state index in [-0.39, 0.29) is 11.9 Å². The molecule has 0 fully saturated rings. The number of benzene rings is 2. The van der Waals surface area contributed by atoms with Gasteiger partial charge in [-0.05, 0) is 48.6 Å². The second-order valence-electron chi connectivity index (χ2n) is 7.21. The zero-order valence-corrected chi connectivity index (χ0v) is 17.0. The van der Waals surface area contributed by atoms with Crippen molar-refractivity contribution in [2.75, 3.05) is 12.9 Å². The quantitative estimate of drug-likeness (QED) is 0.620. The number of methoxy groups -OCH3 is 1. The Hall–Kier alpha value is -2.20. The molecule has 0 saturated heterocycles. The van der Waals surface area contributed by atoms with Crippen LogP contribution in [0, 0.1) is 11.8 Å². The minimum atomic E-state index is 0.0333. The van der Waals surface area contributed by atoms with E-state index >= 15 is 0 Å². The number of carbonyl (C=O) groups excluding carboxylic acids is 1. The smallest absolute Gasteiger partial charge is 0.258 e. The second-order valence-corrected chi connectivity index (χ2v) is 8.30. The van der Waals surface area contributed by atoms with Crippen molar-refractivity contribution in [3.63, 3.8) is 0 Å². The summed E-state index contributed by atoms with van der Waals surface area (Å²) < 4.78 is 5.28. The molecule has 0 radical (unpaired) electrons. The molecule has 0 aromatic heterocycles. The van der Waals surface area contributed by atoms with Gasteiger partial charge in [-0.25, -0.2) is 0 Å². The number of carbonyl (C=O) groups is 1. The molecule has 1 amide bonds. The maximum absolute atomic E-state index is 13.2. The Morgan fingerprint density at radius 3 is 2.67 bits per heavy atom. The summed E-state index contributed by atoms with van der Waals surface area (Å²) in [6, 6.07) is 17.9. The third-order valence-electron chi connectivity index (χ3n) is 5.02. The van der Waals surface area contributed by atoms with E-state index in [0.717, 1.165) is 12.2 Å². The average molecular weight is 382 g/mol. The van der Waals surface area contributed by atoms with Gasteiger partial charge in [0.15, 0.2) is 0 Å². The summed E-state index contributed by atoms with van der Waals surface area (Å²) in [5.74, 6) is 2.69. The summed E-state index contributed by atoms with van der Waals surface area (Å²) in [6.45, 7) is 4.49. The van der Waals surface area contributed by atoms with Gasteiger partial charge in [0.25, 0.3) is 5.91 Å². The highest BCUT2D eigenvalue weighted by atomic mass is 32.2. The average Bonchev–Trinajstić information content (AvgIpc) is 2.72. The van der Waals surface area contributed by atoms with Crippen molar-refractivity contribution in [1.82, 2.24) is 4.90 Å². The number of nitrogens with zero attached hydrogens (tertiary/aromatic N) is 1. The summed E-state index contributed by atoms with van der Waals surface area (Å²) in [5, 5.41) is 0. The minimum Gasteiger partial charge on any atom is -0.497 e. The first-order chi connectivity index (χ1) is 13.1. The monoisotopic (exact) mass is 381 g/mol. The van der Waals surface area contributed by atoms with Crippen LogP contribution in [-0.2, 0) is 0 Å². The second kappa shape index (κ2) is 9.14. The highest BCUT2D eigenvalue weighted by Crippen LogP contribution is 2.31. The molecule has 0 N–H and O–H groups in total. The summed E-state index contributed by atoms with van der Waals surface area (Å²) in [5.41, 5.74) is 0.664. The van der Waals surface area contributed by atoms with Gasteiger partial charge >= 0.3 is 0 Å². The van der Waals surface area contributed by atoms with Crippen LogP contribution < -0.4 is 4.74 Å². The number of hydrogen-bond acceptors (Lipinski definition) is 3. The molecule has 1 aliphatic rings. The normalized spacial score (nSPS) is 19.3. The molecular formula is C23H27NO2S. The van der Waals surface area contributed by atoms with Crippen LogP contribution in [0.5, 0.6) is 5.75 Å². The van der Waals surface area contributed by atoms with Crippen LogP contribution >= 0.6 is 11.8 Å². The number of hydrogen-bond donors (Lipinski definition) is 0. The van der Waals surface area contributed by atoms with Crippen molar-refractivity contribution in [3.8, 4) is 5.75 Å². The first-order valence-corrected chi connectivity index (χ1v) is 10.4. The molecular weight excluding hydrogens is 354 g/mol. The van der Waals surface area contributed by atoms with Crippen molar-refractivity contribution in [2.45, 2.75) is 31.2 Å². The molecule has 3 rings (SSSR count). The number of amides is 1. The molecule has 0 spiro atoms. The topological polar surface area (TPSA) is 29.5 Å². The van der Waals surface area contributed by atoms with Gasteiger partial charge in [-0.1, -0.05) is 44.2 Å². The molecule has 27 heavy (non-hydrogen) atoms. The molecule has 0 aliphatic carbocycles. The summed E-state index contributed by atoms with van der Waals surface area (Å²) >= 11 is 1.81. The predicted molar refractivity (Wildman–Crippen MR) is 112 cm³/mol. The lowest BCUT2D eigenvalue weighted by Gasteiger charge is -2.36. The van der Waals surface area contributed by atoms with E-state index in [2.05, 4.69) is 44.2 Å². The van der Waals surface area contributed by atoms with Crippen LogP contribution in [0.3, 0.4) is 0 Å². The lowest BCUT2D eigenvalue weighted by molar-refractivity contribution is 0.0746. The van der Waals surface area contributed by atoms with Crippen molar-refractivity contribution in [3.05, 3.63) is 72.4 Å². The molecule has 2 aromatic carbocycles. The SMILES string of the molecule is COc1cccc(C(=O)N2C=C[C@H](C(C)C)C[C@@H]2CSc2ccccc2)c1. The molecule has 2 atom stereocenters. The van der Waals surface area contributed by atoms with Gasteiger partial charge in [-0.3, -0.25) is 4.79 Å². The Kier molecular flexibility index (Phi) is 6.62. The number of allylic oxidation sites excluding steroid dienone is 1. The fraction of sp³-hybridized carbons (Fsp3) is 0.348. The van der Waals surface area contributed by atoms with Gasteiger partial charge in [0.2, 0.25) is 0 Å². The first-order valence-electron chi connectivity index (χ1n) is 9.41. The van der Waals surface area contributed by atoms with Crippen LogP contribution in [0.2, 0.25) is 0 Å². The molecule has 4 heteroatoms. The van der Waals surface area contributed by atoms with Crippen LogP contribution in [-0.4, -0.2) is 29.7 Å². The Balaban J connectivity index is 1.80. The highest BCUT2D eigenvalue weighted by molar-refractivity contribution is 7.99. The Labute approximate surface area is 166 Å². The number of ether oxygens (including phenoxy) is 1. The third kappa shape index (κ3) is 4.95. The summed E-state index contributed by atoms with van der Waals surface area (Å²) in [4.78, 5) is 16.3. The number of rotatable bonds is 6. The maximum Gasteiger partial charge on any atom is 0.258 e. The van der Waals surface area contributed by atoms with E-state index in [1.807, 2.05) is 53.2 Å². The Morgan fingerprint density at radius 2 is 1.96 bits per heavy atom. The largest absolute Gasteiger partial charge is 0.497 e. The summed E-state index contributed by atoms with van der Waals surface area (Å²) in [7, 11) is 1.62. The Morgan fingerprint density at radius 1 is 1.19 bits per heavy atom.